The molecule has 5 heteroatoms. The van der Waals surface area contributed by atoms with E-state index in [2.05, 4.69) is 0 Å². The zero-order chi connectivity index (χ0) is 14.4. The molecule has 0 saturated carbocycles. The summed E-state index contributed by atoms with van der Waals surface area (Å²) in [4.78, 5) is 25.0. The summed E-state index contributed by atoms with van der Waals surface area (Å²) in [7, 11) is 0. The smallest absolute Gasteiger partial charge is 0.299 e. The number of Topliss-reactive ketones (excluding diaryl/α,β-unsaturated/α-hetero) is 1. The number of benzene rings is 1. The maximum absolute atomic E-state index is 13.9. The number of ketones is 1. The van der Waals surface area contributed by atoms with Crippen molar-refractivity contribution in [2.45, 2.75) is 27.2 Å². The third-order valence-electron chi connectivity index (χ3n) is 3.10. The van der Waals surface area contributed by atoms with E-state index in [1.165, 1.54) is 17.0 Å². The third kappa shape index (κ3) is 2.50. The van der Waals surface area contributed by atoms with E-state index in [9.17, 15) is 14.0 Å². The summed E-state index contributed by atoms with van der Waals surface area (Å²) >= 11 is 5.89. The SMILES string of the molecule is CC(C)(C)CCN1C(=O)C(=O)c2c(Cl)ccc(F)c21. The number of halogens is 2. The lowest BCUT2D eigenvalue weighted by Crippen LogP contribution is -2.33. The van der Waals surface area contributed by atoms with Gasteiger partial charge in [0.15, 0.2) is 0 Å². The maximum Gasteiger partial charge on any atom is 0.299 e. The van der Waals surface area contributed by atoms with Crippen LogP contribution in [0.3, 0.4) is 0 Å². The van der Waals surface area contributed by atoms with Crippen molar-refractivity contribution in [2.75, 3.05) is 11.4 Å². The average Bonchev–Trinajstić information content (AvgIpc) is 2.55. The van der Waals surface area contributed by atoms with Gasteiger partial charge in [-0.2, -0.15) is 0 Å². The molecule has 1 aromatic rings. The Kier molecular flexibility index (Phi) is 3.39. The van der Waals surface area contributed by atoms with Crippen LogP contribution < -0.4 is 4.90 Å². The monoisotopic (exact) mass is 283 g/mol. The van der Waals surface area contributed by atoms with Crippen LogP contribution in [-0.4, -0.2) is 18.2 Å². The molecule has 2 rings (SSSR count). The molecule has 102 valence electrons. The molecular formula is C14H15ClFNO2. The molecule has 0 aliphatic carbocycles. The lowest BCUT2D eigenvalue weighted by atomic mass is 9.92. The van der Waals surface area contributed by atoms with E-state index in [1.54, 1.807) is 0 Å². The van der Waals surface area contributed by atoms with E-state index in [0.29, 0.717) is 13.0 Å². The van der Waals surface area contributed by atoms with Gasteiger partial charge in [-0.3, -0.25) is 9.59 Å². The normalized spacial score (nSPS) is 15.1. The maximum atomic E-state index is 13.9. The standard InChI is InChI=1S/C14H15ClFNO2/c1-14(2,3)6-7-17-11-9(16)5-4-8(15)10(11)12(18)13(17)19/h4-5H,6-7H2,1-3H3. The summed E-state index contributed by atoms with van der Waals surface area (Å²) in [6.45, 7) is 6.36. The molecule has 0 radical (unpaired) electrons. The van der Waals surface area contributed by atoms with Gasteiger partial charge < -0.3 is 4.90 Å². The fraction of sp³-hybridized carbons (Fsp3) is 0.429. The van der Waals surface area contributed by atoms with E-state index in [0.717, 1.165) is 0 Å². The van der Waals surface area contributed by atoms with E-state index < -0.39 is 17.5 Å². The number of rotatable bonds is 2. The molecule has 1 aliphatic heterocycles. The zero-order valence-electron chi connectivity index (χ0n) is 11.1. The molecule has 3 nitrogen and oxygen atoms in total. The van der Waals surface area contributed by atoms with Gasteiger partial charge in [-0.15, -0.1) is 0 Å². The Morgan fingerprint density at radius 3 is 2.47 bits per heavy atom. The average molecular weight is 284 g/mol. The lowest BCUT2D eigenvalue weighted by Gasteiger charge is -2.23. The van der Waals surface area contributed by atoms with Crippen molar-refractivity contribution in [1.29, 1.82) is 0 Å². The van der Waals surface area contributed by atoms with Crippen LogP contribution in [0.1, 0.15) is 37.6 Å². The van der Waals surface area contributed by atoms with Crippen LogP contribution in [0.4, 0.5) is 10.1 Å². The number of amides is 1. The van der Waals surface area contributed by atoms with Crippen LogP contribution in [-0.2, 0) is 4.79 Å². The van der Waals surface area contributed by atoms with Crippen molar-refractivity contribution >= 4 is 29.0 Å². The molecule has 0 saturated heterocycles. The van der Waals surface area contributed by atoms with E-state index in [4.69, 9.17) is 11.6 Å². The number of hydrogen-bond donors (Lipinski definition) is 0. The van der Waals surface area contributed by atoms with Crippen LogP contribution >= 0.6 is 11.6 Å². The molecule has 1 aromatic carbocycles. The summed E-state index contributed by atoms with van der Waals surface area (Å²) in [5, 5.41) is 0.119. The van der Waals surface area contributed by atoms with Crippen LogP contribution in [0.2, 0.25) is 5.02 Å². The molecule has 1 heterocycles. The van der Waals surface area contributed by atoms with E-state index in [1.807, 2.05) is 20.8 Å². The van der Waals surface area contributed by atoms with Gasteiger partial charge in [0.2, 0.25) is 0 Å². The quantitative estimate of drug-likeness (QED) is 0.780. The predicted molar refractivity (Wildman–Crippen MR) is 72.2 cm³/mol. The number of anilines is 1. The van der Waals surface area contributed by atoms with Crippen molar-refractivity contribution in [3.05, 3.63) is 28.5 Å². The van der Waals surface area contributed by atoms with Crippen LogP contribution in [0.5, 0.6) is 0 Å². The van der Waals surface area contributed by atoms with Gasteiger partial charge in [-0.05, 0) is 24.0 Å². The van der Waals surface area contributed by atoms with E-state index in [-0.39, 0.29) is 21.7 Å². The van der Waals surface area contributed by atoms with Crippen molar-refractivity contribution < 1.29 is 14.0 Å². The number of carbonyl (C=O) groups excluding carboxylic acids is 2. The molecule has 0 bridgehead atoms. The van der Waals surface area contributed by atoms with Gasteiger partial charge >= 0.3 is 0 Å². The highest BCUT2D eigenvalue weighted by Gasteiger charge is 2.39. The number of hydrogen-bond acceptors (Lipinski definition) is 2. The highest BCUT2D eigenvalue weighted by Crippen LogP contribution is 2.37. The summed E-state index contributed by atoms with van der Waals surface area (Å²) in [5.74, 6) is -2.02. The Hall–Kier alpha value is -1.42. The Morgan fingerprint density at radius 2 is 1.89 bits per heavy atom. The molecule has 0 aromatic heterocycles. The molecular weight excluding hydrogens is 269 g/mol. The number of fused-ring (bicyclic) bond motifs is 1. The van der Waals surface area contributed by atoms with Gasteiger partial charge in [0.25, 0.3) is 11.7 Å². The minimum absolute atomic E-state index is 0.0128. The predicted octanol–water partition coefficient (Wildman–Crippen LogP) is 3.44. The Labute approximate surface area is 116 Å². The second-order valence-electron chi connectivity index (χ2n) is 5.85. The van der Waals surface area contributed by atoms with Crippen molar-refractivity contribution in [1.82, 2.24) is 0 Å². The van der Waals surface area contributed by atoms with Crippen molar-refractivity contribution in [2.24, 2.45) is 5.41 Å². The number of carbonyl (C=O) groups is 2. The molecule has 0 atom stereocenters. The fourth-order valence-electron chi connectivity index (χ4n) is 2.01. The Balaban J connectivity index is 2.42. The topological polar surface area (TPSA) is 37.4 Å². The molecule has 0 unspecified atom stereocenters. The minimum Gasteiger partial charge on any atom is -0.302 e. The largest absolute Gasteiger partial charge is 0.302 e. The van der Waals surface area contributed by atoms with E-state index >= 15 is 0 Å². The summed E-state index contributed by atoms with van der Waals surface area (Å²) in [5.41, 5.74) is -0.00598. The first-order valence-electron chi connectivity index (χ1n) is 6.06. The second kappa shape index (κ2) is 4.60. The highest BCUT2D eigenvalue weighted by atomic mass is 35.5. The minimum atomic E-state index is -0.728. The van der Waals surface area contributed by atoms with Gasteiger partial charge in [0, 0.05) is 6.54 Å². The fourth-order valence-corrected chi connectivity index (χ4v) is 2.25. The van der Waals surface area contributed by atoms with Crippen molar-refractivity contribution in [3.8, 4) is 0 Å². The summed E-state index contributed by atoms with van der Waals surface area (Å²) < 4.78 is 13.9. The van der Waals surface area contributed by atoms with Gasteiger partial charge in [-0.1, -0.05) is 32.4 Å². The van der Waals surface area contributed by atoms with Gasteiger partial charge in [0.05, 0.1) is 16.3 Å². The first-order valence-corrected chi connectivity index (χ1v) is 6.44. The van der Waals surface area contributed by atoms with Crippen LogP contribution in [0, 0.1) is 11.2 Å². The van der Waals surface area contributed by atoms with Crippen molar-refractivity contribution in [3.63, 3.8) is 0 Å². The highest BCUT2D eigenvalue weighted by molar-refractivity contribution is 6.55. The Morgan fingerprint density at radius 1 is 1.26 bits per heavy atom. The molecule has 19 heavy (non-hydrogen) atoms. The van der Waals surface area contributed by atoms with Gasteiger partial charge in [0.1, 0.15) is 5.82 Å². The molecule has 0 spiro atoms. The lowest BCUT2D eigenvalue weighted by molar-refractivity contribution is -0.114. The van der Waals surface area contributed by atoms with Crippen LogP contribution in [0.25, 0.3) is 0 Å². The molecule has 0 N–H and O–H groups in total. The summed E-state index contributed by atoms with van der Waals surface area (Å²) in [6.07, 6.45) is 0.664. The molecule has 1 amide bonds. The molecule has 0 fully saturated rings. The molecule has 1 aliphatic rings. The van der Waals surface area contributed by atoms with Gasteiger partial charge in [-0.25, -0.2) is 4.39 Å². The number of nitrogens with zero attached hydrogens (tertiary/aromatic N) is 1. The first kappa shape index (κ1) is 14.0. The zero-order valence-corrected chi connectivity index (χ0v) is 11.8. The van der Waals surface area contributed by atoms with Crippen LogP contribution in [0.15, 0.2) is 12.1 Å². The second-order valence-corrected chi connectivity index (χ2v) is 6.26. The third-order valence-corrected chi connectivity index (χ3v) is 3.41. The Bertz CT molecular complexity index is 563. The summed E-state index contributed by atoms with van der Waals surface area (Å²) in [6, 6.07) is 2.48. The first-order chi connectivity index (χ1) is 8.72.